The molecule has 1 aromatic heterocycles. The van der Waals surface area contributed by atoms with Gasteiger partial charge in [-0.3, -0.25) is 0 Å². The Kier molecular flexibility index (Phi) is 2.72. The third-order valence-corrected chi connectivity index (χ3v) is 3.92. The first-order chi connectivity index (χ1) is 7.81. The van der Waals surface area contributed by atoms with Crippen LogP contribution in [0, 0.1) is 5.92 Å². The van der Waals surface area contributed by atoms with Gasteiger partial charge in [0.25, 0.3) is 0 Å². The first-order valence-electron chi connectivity index (χ1n) is 6.59. The maximum absolute atomic E-state index is 4.79. The van der Waals surface area contributed by atoms with Gasteiger partial charge < -0.3 is 9.88 Å². The second-order valence-electron chi connectivity index (χ2n) is 5.44. The van der Waals surface area contributed by atoms with Gasteiger partial charge in [-0.2, -0.15) is 0 Å². The molecule has 1 saturated heterocycles. The van der Waals surface area contributed by atoms with Crippen LogP contribution in [-0.4, -0.2) is 22.1 Å². The monoisotopic (exact) mass is 219 g/mol. The lowest BCUT2D eigenvalue weighted by Crippen LogP contribution is -2.23. The number of nitrogens with one attached hydrogen (secondary N) is 1. The van der Waals surface area contributed by atoms with Gasteiger partial charge in [-0.15, -0.1) is 0 Å². The first kappa shape index (κ1) is 10.3. The van der Waals surface area contributed by atoms with Gasteiger partial charge in [-0.1, -0.05) is 6.92 Å². The average Bonchev–Trinajstić information content (AvgIpc) is 2.86. The molecule has 3 heterocycles. The number of aryl methyl sites for hydroxylation is 1. The van der Waals surface area contributed by atoms with E-state index < -0.39 is 0 Å². The normalized spacial score (nSPS) is 29.3. The van der Waals surface area contributed by atoms with Crippen LogP contribution in [0.3, 0.4) is 0 Å². The van der Waals surface area contributed by atoms with Crippen molar-refractivity contribution in [1.29, 1.82) is 0 Å². The number of imidazole rings is 1. The van der Waals surface area contributed by atoms with Crippen molar-refractivity contribution < 1.29 is 0 Å². The van der Waals surface area contributed by atoms with Crippen molar-refractivity contribution in [3.8, 4) is 0 Å². The number of aromatic nitrogens is 2. The van der Waals surface area contributed by atoms with Crippen LogP contribution in [-0.2, 0) is 19.4 Å². The van der Waals surface area contributed by atoms with Gasteiger partial charge in [0.2, 0.25) is 0 Å². The molecule has 2 aliphatic heterocycles. The lowest BCUT2D eigenvalue weighted by atomic mass is 10.0. The quantitative estimate of drug-likeness (QED) is 0.821. The van der Waals surface area contributed by atoms with E-state index in [1.807, 2.05) is 0 Å². The van der Waals surface area contributed by atoms with Crippen molar-refractivity contribution in [1.82, 2.24) is 14.9 Å². The molecular weight excluding hydrogens is 198 g/mol. The summed E-state index contributed by atoms with van der Waals surface area (Å²) in [6, 6.07) is 0.675. The molecule has 3 rings (SSSR count). The zero-order chi connectivity index (χ0) is 11.0. The smallest absolute Gasteiger partial charge is 0.109 e. The van der Waals surface area contributed by atoms with Gasteiger partial charge in [0, 0.05) is 31.6 Å². The van der Waals surface area contributed by atoms with Gasteiger partial charge in [-0.25, -0.2) is 4.98 Å². The van der Waals surface area contributed by atoms with Crippen LogP contribution in [0.15, 0.2) is 6.20 Å². The Morgan fingerprint density at radius 1 is 1.50 bits per heavy atom. The summed E-state index contributed by atoms with van der Waals surface area (Å²) in [6.45, 7) is 4.69. The second-order valence-corrected chi connectivity index (χ2v) is 5.44. The van der Waals surface area contributed by atoms with E-state index in [-0.39, 0.29) is 0 Å². The summed E-state index contributed by atoms with van der Waals surface area (Å²) in [5, 5.41) is 3.54. The van der Waals surface area contributed by atoms with Crippen LogP contribution in [0.25, 0.3) is 0 Å². The summed E-state index contributed by atoms with van der Waals surface area (Å²) < 4.78 is 2.37. The molecule has 0 radical (unpaired) electrons. The number of rotatable bonds is 2. The highest BCUT2D eigenvalue weighted by molar-refractivity contribution is 5.08. The van der Waals surface area contributed by atoms with Gasteiger partial charge in [0.1, 0.15) is 5.82 Å². The highest BCUT2D eigenvalue weighted by Crippen LogP contribution is 2.21. The van der Waals surface area contributed by atoms with Gasteiger partial charge in [0.05, 0.1) is 5.69 Å². The Balaban J connectivity index is 1.71. The molecule has 3 heteroatoms. The highest BCUT2D eigenvalue weighted by Gasteiger charge is 2.20. The van der Waals surface area contributed by atoms with Crippen LogP contribution in [0.4, 0.5) is 0 Å². The molecule has 3 nitrogen and oxygen atoms in total. The highest BCUT2D eigenvalue weighted by atomic mass is 15.1. The summed E-state index contributed by atoms with van der Waals surface area (Å²) in [4.78, 5) is 4.79. The average molecular weight is 219 g/mol. The lowest BCUT2D eigenvalue weighted by molar-refractivity contribution is 0.409. The topological polar surface area (TPSA) is 29.9 Å². The van der Waals surface area contributed by atoms with Crippen LogP contribution in [0.5, 0.6) is 0 Å². The van der Waals surface area contributed by atoms with Crippen molar-refractivity contribution in [2.24, 2.45) is 5.92 Å². The minimum Gasteiger partial charge on any atom is -0.335 e. The summed E-state index contributed by atoms with van der Waals surface area (Å²) >= 11 is 0. The summed E-state index contributed by atoms with van der Waals surface area (Å²) in [6.07, 6.45) is 8.52. The van der Waals surface area contributed by atoms with E-state index in [1.165, 1.54) is 43.9 Å². The summed E-state index contributed by atoms with van der Waals surface area (Å²) in [5.41, 5.74) is 1.29. The number of hydrogen-bond donors (Lipinski definition) is 1. The Morgan fingerprint density at radius 3 is 3.25 bits per heavy atom. The molecule has 88 valence electrons. The van der Waals surface area contributed by atoms with Crippen molar-refractivity contribution in [3.05, 3.63) is 17.7 Å². The first-order valence-corrected chi connectivity index (χ1v) is 6.59. The van der Waals surface area contributed by atoms with Crippen LogP contribution in [0.1, 0.15) is 37.7 Å². The zero-order valence-corrected chi connectivity index (χ0v) is 10.1. The molecule has 1 fully saturated rings. The second kappa shape index (κ2) is 4.21. The standard InChI is InChI=1S/C13H21N3/c1-10-4-6-16-9-12(15-13(16)7-10)8-11-3-2-5-14-11/h9-11,14H,2-8H2,1H3. The van der Waals surface area contributed by atoms with E-state index in [4.69, 9.17) is 4.98 Å². The molecule has 0 spiro atoms. The molecule has 0 amide bonds. The fourth-order valence-electron chi connectivity index (χ4n) is 2.92. The van der Waals surface area contributed by atoms with E-state index in [9.17, 15) is 0 Å². The minimum absolute atomic E-state index is 0.675. The Hall–Kier alpha value is -0.830. The molecular formula is C13H21N3. The van der Waals surface area contributed by atoms with E-state index in [2.05, 4.69) is 23.0 Å². The van der Waals surface area contributed by atoms with Crippen LogP contribution in [0.2, 0.25) is 0 Å². The fourth-order valence-corrected chi connectivity index (χ4v) is 2.92. The predicted molar refractivity (Wildman–Crippen MR) is 64.4 cm³/mol. The van der Waals surface area contributed by atoms with Crippen molar-refractivity contribution in [2.45, 2.75) is 51.6 Å². The number of fused-ring (bicyclic) bond motifs is 1. The lowest BCUT2D eigenvalue weighted by Gasteiger charge is -2.18. The molecule has 0 aliphatic carbocycles. The molecule has 2 aliphatic rings. The molecule has 16 heavy (non-hydrogen) atoms. The predicted octanol–water partition coefficient (Wildman–Crippen LogP) is 1.76. The fraction of sp³-hybridized carbons (Fsp3) is 0.769. The maximum Gasteiger partial charge on any atom is 0.109 e. The largest absolute Gasteiger partial charge is 0.335 e. The molecule has 0 saturated carbocycles. The molecule has 2 unspecified atom stereocenters. The van der Waals surface area contributed by atoms with Gasteiger partial charge >= 0.3 is 0 Å². The Labute approximate surface area is 97.3 Å². The van der Waals surface area contributed by atoms with E-state index >= 15 is 0 Å². The third kappa shape index (κ3) is 2.01. The van der Waals surface area contributed by atoms with E-state index in [0.717, 1.165) is 18.8 Å². The summed E-state index contributed by atoms with van der Waals surface area (Å²) in [7, 11) is 0. The Bertz CT molecular complexity index is 363. The zero-order valence-electron chi connectivity index (χ0n) is 10.1. The molecule has 2 atom stereocenters. The molecule has 0 aromatic carbocycles. The van der Waals surface area contributed by atoms with E-state index in [1.54, 1.807) is 0 Å². The minimum atomic E-state index is 0.675. The third-order valence-electron chi connectivity index (χ3n) is 3.92. The van der Waals surface area contributed by atoms with Crippen LogP contribution >= 0.6 is 0 Å². The van der Waals surface area contributed by atoms with Crippen molar-refractivity contribution in [2.75, 3.05) is 6.54 Å². The van der Waals surface area contributed by atoms with Gasteiger partial charge in [-0.05, 0) is 31.7 Å². The van der Waals surface area contributed by atoms with Crippen molar-refractivity contribution in [3.63, 3.8) is 0 Å². The SMILES string of the molecule is CC1CCn2cc(CC3CCCN3)nc2C1. The number of hydrogen-bond acceptors (Lipinski definition) is 2. The van der Waals surface area contributed by atoms with Crippen LogP contribution < -0.4 is 5.32 Å². The maximum atomic E-state index is 4.79. The molecule has 1 aromatic rings. The summed E-state index contributed by atoms with van der Waals surface area (Å²) in [5.74, 6) is 2.12. The molecule has 0 bridgehead atoms. The number of nitrogens with zero attached hydrogens (tertiary/aromatic N) is 2. The molecule has 1 N–H and O–H groups in total. The van der Waals surface area contributed by atoms with E-state index in [0.29, 0.717) is 6.04 Å². The van der Waals surface area contributed by atoms with Gasteiger partial charge in [0.15, 0.2) is 0 Å². The van der Waals surface area contributed by atoms with Crippen molar-refractivity contribution >= 4 is 0 Å². The Morgan fingerprint density at radius 2 is 2.44 bits per heavy atom.